The summed E-state index contributed by atoms with van der Waals surface area (Å²) in [7, 11) is 0. The number of halogens is 1. The maximum absolute atomic E-state index is 12.0. The zero-order valence-corrected chi connectivity index (χ0v) is 14.3. The highest BCUT2D eigenvalue weighted by Crippen LogP contribution is 2.16. The summed E-state index contributed by atoms with van der Waals surface area (Å²) in [5.41, 5.74) is 2.37. The van der Waals surface area contributed by atoms with Crippen LogP contribution in [0.5, 0.6) is 0 Å². The van der Waals surface area contributed by atoms with Gasteiger partial charge in [-0.15, -0.1) is 0 Å². The van der Waals surface area contributed by atoms with E-state index >= 15 is 0 Å². The number of benzene rings is 2. The number of amides is 1. The lowest BCUT2D eigenvalue weighted by Crippen LogP contribution is -2.87. The predicted octanol–water partition coefficient (Wildman–Crippen LogP) is 2.78. The molecule has 0 aromatic heterocycles. The van der Waals surface area contributed by atoms with E-state index in [0.717, 1.165) is 16.5 Å². The van der Waals surface area contributed by atoms with Gasteiger partial charge in [-0.2, -0.15) is 0 Å². The van der Waals surface area contributed by atoms with Crippen molar-refractivity contribution >= 4 is 21.8 Å². The fourth-order valence-corrected chi connectivity index (χ4v) is 2.63. The second kappa shape index (κ2) is 8.71. The number of carbonyl (C=O) groups excluding carboxylic acids is 1. The van der Waals surface area contributed by atoms with Crippen LogP contribution in [-0.2, 0) is 11.3 Å². The van der Waals surface area contributed by atoms with Crippen molar-refractivity contribution in [1.82, 2.24) is 5.32 Å². The van der Waals surface area contributed by atoms with E-state index in [-0.39, 0.29) is 5.91 Å². The summed E-state index contributed by atoms with van der Waals surface area (Å²) < 4.78 is 1.08. The molecule has 1 atom stereocenters. The van der Waals surface area contributed by atoms with E-state index in [9.17, 15) is 4.79 Å². The first kappa shape index (κ1) is 16.7. The van der Waals surface area contributed by atoms with Gasteiger partial charge in [-0.3, -0.25) is 4.79 Å². The third-order valence-electron chi connectivity index (χ3n) is 3.66. The summed E-state index contributed by atoms with van der Waals surface area (Å²) in [6.45, 7) is 3.18. The van der Waals surface area contributed by atoms with Crippen LogP contribution in [0.1, 0.15) is 30.5 Å². The van der Waals surface area contributed by atoms with Crippen LogP contribution < -0.4 is 10.6 Å². The SMILES string of the molecule is CC[C@H]([NH2+]CC(=O)NCc1ccccc1)c1ccc(Br)cc1. The highest BCUT2D eigenvalue weighted by atomic mass is 79.9. The van der Waals surface area contributed by atoms with Crippen LogP contribution >= 0.6 is 15.9 Å². The Kier molecular flexibility index (Phi) is 6.62. The smallest absolute Gasteiger partial charge is 0.275 e. The lowest BCUT2D eigenvalue weighted by molar-refractivity contribution is -0.686. The summed E-state index contributed by atoms with van der Waals surface area (Å²) in [5, 5.41) is 5.06. The van der Waals surface area contributed by atoms with Crippen molar-refractivity contribution in [1.29, 1.82) is 0 Å². The van der Waals surface area contributed by atoms with Gasteiger partial charge in [0, 0.05) is 23.0 Å². The Morgan fingerprint density at radius 2 is 1.82 bits per heavy atom. The molecule has 0 saturated heterocycles. The second-order valence-corrected chi connectivity index (χ2v) is 6.18. The number of quaternary nitrogens is 1. The average Bonchev–Trinajstić information content (AvgIpc) is 2.56. The highest BCUT2D eigenvalue weighted by Gasteiger charge is 2.14. The molecule has 2 aromatic carbocycles. The topological polar surface area (TPSA) is 45.7 Å². The lowest BCUT2D eigenvalue weighted by Gasteiger charge is -2.14. The van der Waals surface area contributed by atoms with Crippen molar-refractivity contribution in [3.05, 3.63) is 70.2 Å². The van der Waals surface area contributed by atoms with Crippen LogP contribution in [0.25, 0.3) is 0 Å². The maximum atomic E-state index is 12.0. The molecule has 2 aromatic rings. The van der Waals surface area contributed by atoms with Crippen molar-refractivity contribution in [2.75, 3.05) is 6.54 Å². The first-order chi connectivity index (χ1) is 10.7. The summed E-state index contributed by atoms with van der Waals surface area (Å²) >= 11 is 3.45. The molecule has 0 radical (unpaired) electrons. The van der Waals surface area contributed by atoms with E-state index in [1.54, 1.807) is 0 Å². The van der Waals surface area contributed by atoms with Crippen molar-refractivity contribution in [2.45, 2.75) is 25.9 Å². The molecular weight excluding hydrogens is 340 g/mol. The second-order valence-electron chi connectivity index (χ2n) is 5.27. The Balaban J connectivity index is 1.80. The van der Waals surface area contributed by atoms with Crippen molar-refractivity contribution in [3.63, 3.8) is 0 Å². The van der Waals surface area contributed by atoms with Crippen molar-refractivity contribution in [2.24, 2.45) is 0 Å². The van der Waals surface area contributed by atoms with E-state index in [2.05, 4.69) is 45.6 Å². The molecular formula is C18H22BrN2O+. The Morgan fingerprint density at radius 1 is 1.14 bits per heavy atom. The molecule has 3 N–H and O–H groups in total. The Morgan fingerprint density at radius 3 is 2.45 bits per heavy atom. The van der Waals surface area contributed by atoms with Gasteiger partial charge >= 0.3 is 0 Å². The number of rotatable bonds is 7. The minimum atomic E-state index is 0.0689. The van der Waals surface area contributed by atoms with Gasteiger partial charge in [-0.05, 0) is 17.7 Å². The zero-order chi connectivity index (χ0) is 15.8. The van der Waals surface area contributed by atoms with Gasteiger partial charge < -0.3 is 10.6 Å². The monoisotopic (exact) mass is 361 g/mol. The minimum Gasteiger partial charge on any atom is -0.347 e. The first-order valence-corrected chi connectivity index (χ1v) is 8.37. The minimum absolute atomic E-state index is 0.0689. The Hall–Kier alpha value is -1.65. The molecule has 0 aliphatic carbocycles. The van der Waals surface area contributed by atoms with Gasteiger partial charge in [0.05, 0.1) is 0 Å². The molecule has 0 aliphatic rings. The van der Waals surface area contributed by atoms with Gasteiger partial charge in [0.15, 0.2) is 6.54 Å². The average molecular weight is 362 g/mol. The molecule has 1 amide bonds. The normalized spacial score (nSPS) is 11.9. The van der Waals surface area contributed by atoms with Crippen LogP contribution in [0.4, 0.5) is 0 Å². The summed E-state index contributed by atoms with van der Waals surface area (Å²) in [6.07, 6.45) is 0.994. The molecule has 2 rings (SSSR count). The molecule has 4 heteroatoms. The zero-order valence-electron chi connectivity index (χ0n) is 12.8. The Labute approximate surface area is 140 Å². The Bertz CT molecular complexity index is 584. The number of hydrogen-bond acceptors (Lipinski definition) is 1. The molecule has 116 valence electrons. The van der Waals surface area contributed by atoms with Crippen LogP contribution in [0.2, 0.25) is 0 Å². The number of hydrogen-bond donors (Lipinski definition) is 2. The number of nitrogens with one attached hydrogen (secondary N) is 1. The van der Waals surface area contributed by atoms with E-state index in [1.807, 2.05) is 42.5 Å². The van der Waals surface area contributed by atoms with E-state index < -0.39 is 0 Å². The van der Waals surface area contributed by atoms with Crippen LogP contribution in [-0.4, -0.2) is 12.5 Å². The molecule has 0 unspecified atom stereocenters. The van der Waals surface area contributed by atoms with Gasteiger partial charge in [-0.25, -0.2) is 0 Å². The number of carbonyl (C=O) groups is 1. The van der Waals surface area contributed by atoms with Crippen LogP contribution in [0, 0.1) is 0 Å². The van der Waals surface area contributed by atoms with Gasteiger partial charge in [-0.1, -0.05) is 65.3 Å². The van der Waals surface area contributed by atoms with Crippen LogP contribution in [0.15, 0.2) is 59.1 Å². The first-order valence-electron chi connectivity index (χ1n) is 7.58. The largest absolute Gasteiger partial charge is 0.347 e. The van der Waals surface area contributed by atoms with E-state index in [4.69, 9.17) is 0 Å². The van der Waals surface area contributed by atoms with Crippen molar-refractivity contribution < 1.29 is 10.1 Å². The third kappa shape index (κ3) is 5.28. The van der Waals surface area contributed by atoms with Crippen LogP contribution in [0.3, 0.4) is 0 Å². The molecule has 0 aliphatic heterocycles. The lowest BCUT2D eigenvalue weighted by atomic mass is 10.0. The molecule has 0 heterocycles. The standard InChI is InChI=1S/C18H21BrN2O/c1-2-17(15-8-10-16(19)11-9-15)20-13-18(22)21-12-14-6-4-3-5-7-14/h3-11,17,20H,2,12-13H2,1H3,(H,21,22)/p+1/t17-/m0/s1. The number of nitrogens with two attached hydrogens (primary N) is 1. The predicted molar refractivity (Wildman–Crippen MR) is 92.3 cm³/mol. The summed E-state index contributed by atoms with van der Waals surface area (Å²) in [5.74, 6) is 0.0689. The highest BCUT2D eigenvalue weighted by molar-refractivity contribution is 9.10. The summed E-state index contributed by atoms with van der Waals surface area (Å²) in [4.78, 5) is 12.0. The van der Waals surface area contributed by atoms with E-state index in [1.165, 1.54) is 5.56 Å². The molecule has 22 heavy (non-hydrogen) atoms. The molecule has 0 saturated carbocycles. The molecule has 0 spiro atoms. The maximum Gasteiger partial charge on any atom is 0.275 e. The van der Waals surface area contributed by atoms with Gasteiger partial charge in [0.2, 0.25) is 0 Å². The summed E-state index contributed by atoms with van der Waals surface area (Å²) in [6, 6.07) is 18.6. The van der Waals surface area contributed by atoms with Gasteiger partial charge in [0.25, 0.3) is 5.91 Å². The van der Waals surface area contributed by atoms with Gasteiger partial charge in [0.1, 0.15) is 6.04 Å². The molecule has 0 fully saturated rings. The van der Waals surface area contributed by atoms with Crippen molar-refractivity contribution in [3.8, 4) is 0 Å². The fourth-order valence-electron chi connectivity index (χ4n) is 2.37. The molecule has 3 nitrogen and oxygen atoms in total. The molecule has 0 bridgehead atoms. The van der Waals surface area contributed by atoms with E-state index in [0.29, 0.717) is 19.1 Å². The third-order valence-corrected chi connectivity index (χ3v) is 4.19. The quantitative estimate of drug-likeness (QED) is 0.782. The fraction of sp³-hybridized carbons (Fsp3) is 0.278.